The van der Waals surface area contributed by atoms with Crippen LogP contribution in [-0.2, 0) is 0 Å². The summed E-state index contributed by atoms with van der Waals surface area (Å²) in [5, 5.41) is 0. The third kappa shape index (κ3) is 1.91. The van der Waals surface area contributed by atoms with Crippen LogP contribution in [0.4, 0.5) is 0 Å². The van der Waals surface area contributed by atoms with Crippen LogP contribution in [0.5, 0.6) is 0 Å². The molecule has 0 unspecified atom stereocenters. The Hall–Kier alpha value is -0.150. The first-order chi connectivity index (χ1) is 5.15. The van der Waals surface area contributed by atoms with Gasteiger partial charge in [0.05, 0.1) is 0 Å². The summed E-state index contributed by atoms with van der Waals surface area (Å²) in [7, 11) is 0. The molecule has 1 aromatic carbocycles. The maximum Gasteiger partial charge on any atom is 0.150 e. The van der Waals surface area contributed by atoms with E-state index in [4.69, 9.17) is 0 Å². The number of hydrogen-bond donors (Lipinski definition) is 0. The molecule has 58 valence electrons. The van der Waals surface area contributed by atoms with Gasteiger partial charge in [-0.15, -0.1) is 0 Å². The van der Waals surface area contributed by atoms with Crippen LogP contribution in [0.1, 0.15) is 15.9 Å². The number of aryl methyl sites for hydroxylation is 1. The zero-order valence-electron chi connectivity index (χ0n) is 5.90. The van der Waals surface area contributed by atoms with Crippen molar-refractivity contribution in [1.29, 1.82) is 0 Å². The highest BCUT2D eigenvalue weighted by Crippen LogP contribution is 2.27. The van der Waals surface area contributed by atoms with E-state index in [2.05, 4.69) is 31.9 Å². The van der Waals surface area contributed by atoms with Crippen molar-refractivity contribution in [2.24, 2.45) is 0 Å². The number of hydrogen-bond acceptors (Lipinski definition) is 1. The molecule has 1 rings (SSSR count). The largest absolute Gasteiger partial charge is 0.298 e. The summed E-state index contributed by atoms with van der Waals surface area (Å²) in [6.45, 7) is 1.95. The molecule has 1 nitrogen and oxygen atoms in total. The summed E-state index contributed by atoms with van der Waals surface area (Å²) in [6, 6.07) is 3.62. The van der Waals surface area contributed by atoms with Crippen molar-refractivity contribution in [3.05, 3.63) is 32.2 Å². The highest BCUT2D eigenvalue weighted by Gasteiger charge is 2.01. The summed E-state index contributed by atoms with van der Waals surface area (Å²) in [4.78, 5) is 10.4. The fourth-order valence-electron chi connectivity index (χ4n) is 0.821. The number of aldehydes is 1. The molecule has 0 fully saturated rings. The zero-order valence-corrected chi connectivity index (χ0v) is 9.07. The van der Waals surface area contributed by atoms with Crippen LogP contribution in [0.25, 0.3) is 0 Å². The molecule has 0 amide bonds. The van der Waals surface area contributed by atoms with Gasteiger partial charge in [-0.25, -0.2) is 0 Å². The molecule has 0 radical (unpaired) electrons. The molecule has 0 saturated carbocycles. The van der Waals surface area contributed by atoms with Gasteiger partial charge in [-0.2, -0.15) is 0 Å². The first kappa shape index (κ1) is 8.94. The summed E-state index contributed by atoms with van der Waals surface area (Å²) in [5.41, 5.74) is 1.75. The lowest BCUT2D eigenvalue weighted by Gasteiger charge is -2.01. The molecular weight excluding hydrogens is 272 g/mol. The lowest BCUT2D eigenvalue weighted by molar-refractivity contribution is 0.112. The van der Waals surface area contributed by atoms with Crippen molar-refractivity contribution in [3.8, 4) is 0 Å². The first-order valence-electron chi connectivity index (χ1n) is 3.06. The number of benzene rings is 1. The van der Waals surface area contributed by atoms with E-state index in [1.807, 2.05) is 13.0 Å². The molecule has 0 aliphatic heterocycles. The Morgan fingerprint density at radius 3 is 2.45 bits per heavy atom. The SMILES string of the molecule is Cc1cc(C=O)cc(Br)c1Br. The highest BCUT2D eigenvalue weighted by molar-refractivity contribution is 9.13. The molecule has 0 spiro atoms. The average Bonchev–Trinajstić information content (AvgIpc) is 1.99. The van der Waals surface area contributed by atoms with Crippen LogP contribution in [-0.4, -0.2) is 6.29 Å². The Kier molecular flexibility index (Phi) is 2.84. The molecule has 0 aliphatic rings. The quantitative estimate of drug-likeness (QED) is 0.720. The summed E-state index contributed by atoms with van der Waals surface area (Å²) in [5.74, 6) is 0. The minimum atomic E-state index is 0.692. The Bertz CT molecular complexity index is 271. The number of carbonyl (C=O) groups is 1. The molecule has 0 saturated heterocycles. The third-order valence-electron chi connectivity index (χ3n) is 1.37. The normalized spacial score (nSPS) is 9.73. The van der Waals surface area contributed by atoms with Crippen molar-refractivity contribution >= 4 is 38.1 Å². The predicted octanol–water partition coefficient (Wildman–Crippen LogP) is 3.33. The second-order valence-corrected chi connectivity index (χ2v) is 3.90. The topological polar surface area (TPSA) is 17.1 Å². The predicted molar refractivity (Wildman–Crippen MR) is 52.0 cm³/mol. The van der Waals surface area contributed by atoms with Gasteiger partial charge in [0.15, 0.2) is 0 Å². The van der Waals surface area contributed by atoms with Crippen LogP contribution in [0.2, 0.25) is 0 Å². The minimum Gasteiger partial charge on any atom is -0.298 e. The van der Waals surface area contributed by atoms with E-state index >= 15 is 0 Å². The number of halogens is 2. The van der Waals surface area contributed by atoms with Gasteiger partial charge in [-0.1, -0.05) is 0 Å². The van der Waals surface area contributed by atoms with Gasteiger partial charge in [0, 0.05) is 14.5 Å². The monoisotopic (exact) mass is 276 g/mol. The maximum absolute atomic E-state index is 10.4. The van der Waals surface area contributed by atoms with E-state index in [0.29, 0.717) is 5.56 Å². The summed E-state index contributed by atoms with van der Waals surface area (Å²) in [6.07, 6.45) is 0.838. The lowest BCUT2D eigenvalue weighted by Crippen LogP contribution is -1.84. The van der Waals surface area contributed by atoms with Gasteiger partial charge < -0.3 is 0 Å². The van der Waals surface area contributed by atoms with E-state index in [0.717, 1.165) is 20.8 Å². The number of carbonyl (C=O) groups excluding carboxylic acids is 1. The first-order valence-corrected chi connectivity index (χ1v) is 4.64. The molecule has 0 N–H and O–H groups in total. The van der Waals surface area contributed by atoms with Crippen LogP contribution in [0, 0.1) is 6.92 Å². The molecule has 11 heavy (non-hydrogen) atoms. The van der Waals surface area contributed by atoms with Gasteiger partial charge in [0.25, 0.3) is 0 Å². The second-order valence-electron chi connectivity index (χ2n) is 2.25. The standard InChI is InChI=1S/C8H6Br2O/c1-5-2-6(4-11)3-7(9)8(5)10/h2-4H,1H3. The van der Waals surface area contributed by atoms with Crippen molar-refractivity contribution in [1.82, 2.24) is 0 Å². The lowest BCUT2D eigenvalue weighted by atomic mass is 10.2. The van der Waals surface area contributed by atoms with Crippen LogP contribution < -0.4 is 0 Å². The van der Waals surface area contributed by atoms with Crippen LogP contribution >= 0.6 is 31.9 Å². The molecule has 0 heterocycles. The second kappa shape index (κ2) is 3.50. The third-order valence-corrected chi connectivity index (χ3v) is 3.58. The Labute approximate surface area is 82.1 Å². The van der Waals surface area contributed by atoms with E-state index < -0.39 is 0 Å². The molecule has 3 heteroatoms. The van der Waals surface area contributed by atoms with Crippen LogP contribution in [0.15, 0.2) is 21.1 Å². The van der Waals surface area contributed by atoms with Gasteiger partial charge in [-0.3, -0.25) is 4.79 Å². The maximum atomic E-state index is 10.4. The van der Waals surface area contributed by atoms with Gasteiger partial charge in [0.2, 0.25) is 0 Å². The molecular formula is C8H6Br2O. The zero-order chi connectivity index (χ0) is 8.43. The summed E-state index contributed by atoms with van der Waals surface area (Å²) < 4.78 is 1.92. The fourth-order valence-corrected chi connectivity index (χ4v) is 1.63. The number of rotatable bonds is 1. The van der Waals surface area contributed by atoms with E-state index in [-0.39, 0.29) is 0 Å². The van der Waals surface area contributed by atoms with Gasteiger partial charge in [-0.05, 0) is 56.5 Å². The molecule has 1 aromatic rings. The van der Waals surface area contributed by atoms with Gasteiger partial charge >= 0.3 is 0 Å². The highest BCUT2D eigenvalue weighted by atomic mass is 79.9. The minimum absolute atomic E-state index is 0.692. The Morgan fingerprint density at radius 2 is 2.00 bits per heavy atom. The smallest absolute Gasteiger partial charge is 0.150 e. The molecule has 0 aromatic heterocycles. The summed E-state index contributed by atoms with van der Waals surface area (Å²) >= 11 is 6.71. The average molecular weight is 278 g/mol. The van der Waals surface area contributed by atoms with Crippen molar-refractivity contribution < 1.29 is 4.79 Å². The van der Waals surface area contributed by atoms with E-state index in [1.54, 1.807) is 6.07 Å². The Balaban J connectivity index is 3.31. The van der Waals surface area contributed by atoms with Crippen LogP contribution in [0.3, 0.4) is 0 Å². The Morgan fingerprint density at radius 1 is 1.36 bits per heavy atom. The van der Waals surface area contributed by atoms with Crippen molar-refractivity contribution in [3.63, 3.8) is 0 Å². The van der Waals surface area contributed by atoms with E-state index in [1.165, 1.54) is 0 Å². The van der Waals surface area contributed by atoms with E-state index in [9.17, 15) is 4.79 Å². The van der Waals surface area contributed by atoms with Crippen molar-refractivity contribution in [2.75, 3.05) is 0 Å². The molecule has 0 atom stereocenters. The van der Waals surface area contributed by atoms with Crippen molar-refractivity contribution in [2.45, 2.75) is 6.92 Å². The fraction of sp³-hybridized carbons (Fsp3) is 0.125. The molecule has 0 bridgehead atoms. The van der Waals surface area contributed by atoms with Gasteiger partial charge in [0.1, 0.15) is 6.29 Å². The molecule has 0 aliphatic carbocycles.